The SMILES string of the molecule is COc1ccc(Br)c(-c2nc3cc(Cl)c(Cl)cc3[nH]2)c1. The van der Waals surface area contributed by atoms with Crippen LogP contribution in [0, 0.1) is 0 Å². The van der Waals surface area contributed by atoms with E-state index in [1.54, 1.807) is 19.2 Å². The minimum absolute atomic E-state index is 0.488. The molecule has 0 radical (unpaired) electrons. The van der Waals surface area contributed by atoms with Crippen LogP contribution in [0.4, 0.5) is 0 Å². The van der Waals surface area contributed by atoms with Crippen molar-refractivity contribution in [3.63, 3.8) is 0 Å². The Labute approximate surface area is 134 Å². The fourth-order valence-electron chi connectivity index (χ4n) is 1.95. The molecule has 0 saturated carbocycles. The summed E-state index contributed by atoms with van der Waals surface area (Å²) in [6.45, 7) is 0. The monoisotopic (exact) mass is 370 g/mol. The van der Waals surface area contributed by atoms with Crippen LogP contribution < -0.4 is 4.74 Å². The second-order valence-corrected chi connectivity index (χ2v) is 5.88. The number of ether oxygens (including phenoxy) is 1. The molecule has 0 amide bonds. The van der Waals surface area contributed by atoms with Crippen molar-refractivity contribution in [1.82, 2.24) is 9.97 Å². The van der Waals surface area contributed by atoms with E-state index in [0.717, 1.165) is 32.6 Å². The molecule has 0 bridgehead atoms. The van der Waals surface area contributed by atoms with Gasteiger partial charge in [-0.15, -0.1) is 0 Å². The van der Waals surface area contributed by atoms with Crippen molar-refractivity contribution in [2.75, 3.05) is 7.11 Å². The maximum absolute atomic E-state index is 6.01. The molecule has 1 heterocycles. The van der Waals surface area contributed by atoms with Crippen LogP contribution in [-0.4, -0.2) is 17.1 Å². The second kappa shape index (κ2) is 5.28. The Morgan fingerprint density at radius 1 is 1.15 bits per heavy atom. The van der Waals surface area contributed by atoms with Crippen molar-refractivity contribution in [1.29, 1.82) is 0 Å². The van der Waals surface area contributed by atoms with Gasteiger partial charge in [0, 0.05) is 10.0 Å². The highest BCUT2D eigenvalue weighted by Crippen LogP contribution is 2.33. The van der Waals surface area contributed by atoms with Gasteiger partial charge in [-0.3, -0.25) is 0 Å². The summed E-state index contributed by atoms with van der Waals surface area (Å²) in [4.78, 5) is 7.77. The molecule has 3 nitrogen and oxygen atoms in total. The zero-order chi connectivity index (χ0) is 14.3. The number of nitrogens with zero attached hydrogens (tertiary/aromatic N) is 1. The lowest BCUT2D eigenvalue weighted by atomic mass is 10.2. The third-order valence-electron chi connectivity index (χ3n) is 2.95. The van der Waals surface area contributed by atoms with Crippen LogP contribution >= 0.6 is 39.1 Å². The molecule has 1 aromatic heterocycles. The number of benzene rings is 2. The van der Waals surface area contributed by atoms with Gasteiger partial charge in [-0.1, -0.05) is 39.1 Å². The van der Waals surface area contributed by atoms with Crippen LogP contribution in [0.1, 0.15) is 0 Å². The normalized spacial score (nSPS) is 11.0. The molecule has 0 fully saturated rings. The Kier molecular flexibility index (Phi) is 3.63. The zero-order valence-electron chi connectivity index (χ0n) is 10.4. The van der Waals surface area contributed by atoms with Gasteiger partial charge in [0.1, 0.15) is 11.6 Å². The van der Waals surface area contributed by atoms with Crippen molar-refractivity contribution in [3.05, 3.63) is 44.8 Å². The van der Waals surface area contributed by atoms with E-state index in [4.69, 9.17) is 27.9 Å². The summed E-state index contributed by atoms with van der Waals surface area (Å²) in [6.07, 6.45) is 0. The maximum atomic E-state index is 6.01. The highest BCUT2D eigenvalue weighted by Gasteiger charge is 2.11. The molecule has 1 N–H and O–H groups in total. The summed E-state index contributed by atoms with van der Waals surface area (Å²) in [5, 5.41) is 0.987. The summed E-state index contributed by atoms with van der Waals surface area (Å²) in [5.74, 6) is 1.49. The number of H-pyrrole nitrogens is 1. The van der Waals surface area contributed by atoms with Gasteiger partial charge in [0.25, 0.3) is 0 Å². The van der Waals surface area contributed by atoms with E-state index >= 15 is 0 Å². The molecule has 0 aliphatic carbocycles. The van der Waals surface area contributed by atoms with E-state index in [2.05, 4.69) is 25.9 Å². The zero-order valence-corrected chi connectivity index (χ0v) is 13.5. The summed E-state index contributed by atoms with van der Waals surface area (Å²) < 4.78 is 6.16. The molecule has 3 rings (SSSR count). The molecule has 0 atom stereocenters. The third kappa shape index (κ3) is 2.39. The van der Waals surface area contributed by atoms with Crippen molar-refractivity contribution in [3.8, 4) is 17.1 Å². The Morgan fingerprint density at radius 2 is 1.90 bits per heavy atom. The molecule has 0 spiro atoms. The number of hydrogen-bond acceptors (Lipinski definition) is 2. The fourth-order valence-corrected chi connectivity index (χ4v) is 2.70. The first-order valence-corrected chi connectivity index (χ1v) is 7.32. The maximum Gasteiger partial charge on any atom is 0.139 e. The second-order valence-electron chi connectivity index (χ2n) is 4.21. The lowest BCUT2D eigenvalue weighted by molar-refractivity contribution is 0.415. The number of rotatable bonds is 2. The number of methoxy groups -OCH3 is 1. The Morgan fingerprint density at radius 3 is 2.65 bits per heavy atom. The van der Waals surface area contributed by atoms with Gasteiger partial charge < -0.3 is 9.72 Å². The standard InChI is InChI=1S/C14H9BrCl2N2O/c1-20-7-2-3-9(15)8(4-7)14-18-12-5-10(16)11(17)6-13(12)19-14/h2-6H,1H3,(H,18,19). The minimum atomic E-state index is 0.488. The highest BCUT2D eigenvalue weighted by molar-refractivity contribution is 9.10. The lowest BCUT2D eigenvalue weighted by Gasteiger charge is -2.04. The van der Waals surface area contributed by atoms with Crippen LogP contribution in [0.3, 0.4) is 0 Å². The molecule has 0 aliphatic heterocycles. The van der Waals surface area contributed by atoms with Crippen LogP contribution in [0.25, 0.3) is 22.4 Å². The minimum Gasteiger partial charge on any atom is -0.497 e. The predicted octanol–water partition coefficient (Wildman–Crippen LogP) is 5.31. The van der Waals surface area contributed by atoms with Gasteiger partial charge in [0.2, 0.25) is 0 Å². The van der Waals surface area contributed by atoms with E-state index in [9.17, 15) is 0 Å². The van der Waals surface area contributed by atoms with Gasteiger partial charge in [0.05, 0.1) is 28.2 Å². The van der Waals surface area contributed by atoms with Crippen LogP contribution in [0.2, 0.25) is 10.0 Å². The quantitative estimate of drug-likeness (QED) is 0.662. The van der Waals surface area contributed by atoms with Crippen molar-refractivity contribution < 1.29 is 4.74 Å². The van der Waals surface area contributed by atoms with Gasteiger partial charge in [-0.25, -0.2) is 4.98 Å². The smallest absolute Gasteiger partial charge is 0.139 e. The van der Waals surface area contributed by atoms with Gasteiger partial charge in [-0.2, -0.15) is 0 Å². The molecule has 0 unspecified atom stereocenters. The number of aromatic amines is 1. The molecule has 3 aromatic rings. The Hall–Kier alpha value is -1.23. The molecular weight excluding hydrogens is 363 g/mol. The number of aromatic nitrogens is 2. The summed E-state index contributed by atoms with van der Waals surface area (Å²) in [6, 6.07) is 9.22. The number of hydrogen-bond donors (Lipinski definition) is 1. The molecular formula is C14H9BrCl2N2O. The van der Waals surface area contributed by atoms with Gasteiger partial charge >= 0.3 is 0 Å². The number of halogens is 3. The summed E-state index contributed by atoms with van der Waals surface area (Å²) >= 11 is 15.5. The van der Waals surface area contributed by atoms with E-state index in [1.807, 2.05) is 18.2 Å². The van der Waals surface area contributed by atoms with Crippen LogP contribution in [0.5, 0.6) is 5.75 Å². The predicted molar refractivity (Wildman–Crippen MR) is 85.8 cm³/mol. The fraction of sp³-hybridized carbons (Fsp3) is 0.0714. The van der Waals surface area contributed by atoms with E-state index in [-0.39, 0.29) is 0 Å². The van der Waals surface area contributed by atoms with Crippen LogP contribution in [-0.2, 0) is 0 Å². The molecule has 20 heavy (non-hydrogen) atoms. The van der Waals surface area contributed by atoms with Crippen molar-refractivity contribution in [2.24, 2.45) is 0 Å². The third-order valence-corrected chi connectivity index (χ3v) is 4.37. The van der Waals surface area contributed by atoms with Crippen molar-refractivity contribution >= 4 is 50.2 Å². The largest absolute Gasteiger partial charge is 0.497 e. The van der Waals surface area contributed by atoms with E-state index < -0.39 is 0 Å². The summed E-state index contributed by atoms with van der Waals surface area (Å²) in [7, 11) is 1.63. The van der Waals surface area contributed by atoms with E-state index in [0.29, 0.717) is 10.0 Å². The number of fused-ring (bicyclic) bond motifs is 1. The van der Waals surface area contributed by atoms with E-state index in [1.165, 1.54) is 0 Å². The average Bonchev–Trinajstić information content (AvgIpc) is 2.82. The van der Waals surface area contributed by atoms with Crippen molar-refractivity contribution in [2.45, 2.75) is 0 Å². The molecule has 0 aliphatic rings. The number of nitrogens with one attached hydrogen (secondary N) is 1. The first kappa shape index (κ1) is 13.7. The molecule has 6 heteroatoms. The Balaban J connectivity index is 2.19. The first-order chi connectivity index (χ1) is 9.58. The molecule has 2 aromatic carbocycles. The van der Waals surface area contributed by atoms with Gasteiger partial charge in [-0.05, 0) is 30.3 Å². The molecule has 0 saturated heterocycles. The lowest BCUT2D eigenvalue weighted by Crippen LogP contribution is -1.86. The molecule has 102 valence electrons. The average molecular weight is 372 g/mol. The highest BCUT2D eigenvalue weighted by atomic mass is 79.9. The summed E-state index contributed by atoms with van der Waals surface area (Å²) in [5.41, 5.74) is 2.51. The topological polar surface area (TPSA) is 37.9 Å². The van der Waals surface area contributed by atoms with Crippen LogP contribution in [0.15, 0.2) is 34.8 Å². The first-order valence-electron chi connectivity index (χ1n) is 5.77. The Bertz CT molecular complexity index is 762. The number of imidazole rings is 1. The van der Waals surface area contributed by atoms with Gasteiger partial charge in [0.15, 0.2) is 0 Å².